The molecule has 1 aliphatic rings. The summed E-state index contributed by atoms with van der Waals surface area (Å²) in [6.45, 7) is 3.67. The molecule has 128 valence electrons. The molecule has 0 aliphatic carbocycles. The van der Waals surface area contributed by atoms with Gasteiger partial charge in [-0.05, 0) is 42.0 Å². The Hall–Kier alpha value is -2.91. The second kappa shape index (κ2) is 7.77. The average molecular weight is 338 g/mol. The van der Waals surface area contributed by atoms with Crippen LogP contribution in [0.3, 0.4) is 0 Å². The Morgan fingerprint density at radius 2 is 1.68 bits per heavy atom. The van der Waals surface area contributed by atoms with Crippen molar-refractivity contribution in [1.82, 2.24) is 9.80 Å². The highest BCUT2D eigenvalue weighted by Crippen LogP contribution is 2.12. The maximum atomic E-state index is 12.9. The van der Waals surface area contributed by atoms with Crippen LogP contribution < -0.4 is 5.32 Å². The van der Waals surface area contributed by atoms with Crippen molar-refractivity contribution in [3.05, 3.63) is 65.5 Å². The fourth-order valence-electron chi connectivity index (χ4n) is 2.79. The molecule has 2 amide bonds. The molecule has 1 heterocycles. The minimum Gasteiger partial charge on any atom is -0.322 e. The van der Waals surface area contributed by atoms with Crippen molar-refractivity contribution in [2.45, 2.75) is 6.54 Å². The first-order chi connectivity index (χ1) is 12.1. The highest BCUT2D eigenvalue weighted by Gasteiger charge is 2.21. The molecule has 0 aromatic heterocycles. The highest BCUT2D eigenvalue weighted by atomic mass is 19.1. The van der Waals surface area contributed by atoms with Gasteiger partial charge < -0.3 is 10.2 Å². The first-order valence-corrected chi connectivity index (χ1v) is 8.17. The highest BCUT2D eigenvalue weighted by molar-refractivity contribution is 5.89. The first-order valence-electron chi connectivity index (χ1n) is 8.17. The molecular formula is C19H19FN4O. The number of carbonyl (C=O) groups is 1. The summed E-state index contributed by atoms with van der Waals surface area (Å²) in [4.78, 5) is 16.3. The third-order valence-electron chi connectivity index (χ3n) is 4.24. The minimum absolute atomic E-state index is 0.162. The fourth-order valence-corrected chi connectivity index (χ4v) is 2.79. The number of nitrogens with one attached hydrogen (secondary N) is 1. The number of halogens is 1. The van der Waals surface area contributed by atoms with Gasteiger partial charge >= 0.3 is 6.03 Å². The van der Waals surface area contributed by atoms with Crippen LogP contribution >= 0.6 is 0 Å². The number of hydrogen-bond acceptors (Lipinski definition) is 3. The van der Waals surface area contributed by atoms with Crippen molar-refractivity contribution < 1.29 is 9.18 Å². The average Bonchev–Trinajstić information content (AvgIpc) is 2.65. The minimum atomic E-state index is -0.325. The number of nitriles is 1. The molecule has 2 aromatic rings. The number of carbonyl (C=O) groups excluding carboxylic acids is 1. The zero-order chi connectivity index (χ0) is 17.6. The zero-order valence-corrected chi connectivity index (χ0v) is 13.8. The summed E-state index contributed by atoms with van der Waals surface area (Å²) < 4.78 is 12.9. The molecule has 0 unspecified atom stereocenters. The number of amides is 2. The van der Waals surface area contributed by atoms with E-state index in [9.17, 15) is 9.18 Å². The lowest BCUT2D eigenvalue weighted by Crippen LogP contribution is -2.49. The lowest BCUT2D eigenvalue weighted by molar-refractivity contribution is 0.143. The fraction of sp³-hybridized carbons (Fsp3) is 0.263. The van der Waals surface area contributed by atoms with E-state index in [1.165, 1.54) is 12.1 Å². The number of rotatable bonds is 3. The molecule has 0 spiro atoms. The van der Waals surface area contributed by atoms with Gasteiger partial charge in [0.1, 0.15) is 5.82 Å². The van der Waals surface area contributed by atoms with Gasteiger partial charge in [-0.2, -0.15) is 5.26 Å². The molecule has 1 saturated heterocycles. The summed E-state index contributed by atoms with van der Waals surface area (Å²) in [5.74, 6) is -0.325. The summed E-state index contributed by atoms with van der Waals surface area (Å²) >= 11 is 0. The van der Waals surface area contributed by atoms with E-state index in [1.54, 1.807) is 17.0 Å². The van der Waals surface area contributed by atoms with Crippen LogP contribution in [0.1, 0.15) is 11.1 Å². The number of anilines is 1. The Morgan fingerprint density at radius 1 is 1.04 bits per heavy atom. The second-order valence-electron chi connectivity index (χ2n) is 6.01. The van der Waals surface area contributed by atoms with E-state index in [1.807, 2.05) is 24.3 Å². The van der Waals surface area contributed by atoms with E-state index < -0.39 is 0 Å². The van der Waals surface area contributed by atoms with Gasteiger partial charge in [0.05, 0.1) is 11.6 Å². The van der Waals surface area contributed by atoms with Crippen LogP contribution in [0.2, 0.25) is 0 Å². The molecule has 0 saturated carbocycles. The number of piperazine rings is 1. The SMILES string of the molecule is N#Cc1ccc(CN2CCN(C(=O)Nc3ccc(F)cc3)CC2)cc1. The molecule has 1 fully saturated rings. The monoisotopic (exact) mass is 338 g/mol. The second-order valence-corrected chi connectivity index (χ2v) is 6.01. The van der Waals surface area contributed by atoms with E-state index in [4.69, 9.17) is 5.26 Å². The van der Waals surface area contributed by atoms with Crippen LogP contribution in [0.4, 0.5) is 14.9 Å². The van der Waals surface area contributed by atoms with Gasteiger partial charge in [-0.3, -0.25) is 4.90 Å². The Balaban J connectivity index is 1.48. The van der Waals surface area contributed by atoms with Crippen LogP contribution in [0.15, 0.2) is 48.5 Å². The van der Waals surface area contributed by atoms with Gasteiger partial charge in [0, 0.05) is 38.4 Å². The predicted molar refractivity (Wildman–Crippen MR) is 93.4 cm³/mol. The predicted octanol–water partition coefficient (Wildman–Crippen LogP) is 3.05. The topological polar surface area (TPSA) is 59.4 Å². The molecule has 1 N–H and O–H groups in total. The van der Waals surface area contributed by atoms with Gasteiger partial charge in [-0.1, -0.05) is 12.1 Å². The van der Waals surface area contributed by atoms with Gasteiger partial charge in [0.25, 0.3) is 0 Å². The van der Waals surface area contributed by atoms with Crippen molar-refractivity contribution in [1.29, 1.82) is 5.26 Å². The van der Waals surface area contributed by atoms with Crippen molar-refractivity contribution in [3.63, 3.8) is 0 Å². The molecule has 5 nitrogen and oxygen atoms in total. The Morgan fingerprint density at radius 3 is 2.28 bits per heavy atom. The molecule has 0 radical (unpaired) electrons. The van der Waals surface area contributed by atoms with Gasteiger partial charge in [-0.25, -0.2) is 9.18 Å². The third kappa shape index (κ3) is 4.55. The summed E-state index contributed by atoms with van der Waals surface area (Å²) in [5, 5.41) is 11.6. The van der Waals surface area contributed by atoms with Gasteiger partial charge in [0.2, 0.25) is 0 Å². The van der Waals surface area contributed by atoms with E-state index in [-0.39, 0.29) is 11.8 Å². The van der Waals surface area contributed by atoms with Gasteiger partial charge in [0.15, 0.2) is 0 Å². The Bertz CT molecular complexity index is 760. The molecule has 0 bridgehead atoms. The van der Waals surface area contributed by atoms with E-state index in [0.717, 1.165) is 25.2 Å². The zero-order valence-electron chi connectivity index (χ0n) is 13.8. The summed E-state index contributed by atoms with van der Waals surface area (Å²) in [7, 11) is 0. The summed E-state index contributed by atoms with van der Waals surface area (Å²) in [5.41, 5.74) is 2.40. The summed E-state index contributed by atoms with van der Waals surface area (Å²) in [6, 6.07) is 15.3. The van der Waals surface area contributed by atoms with Crippen LogP contribution in [-0.2, 0) is 6.54 Å². The van der Waals surface area contributed by atoms with E-state index in [2.05, 4.69) is 16.3 Å². The maximum Gasteiger partial charge on any atom is 0.321 e. The van der Waals surface area contributed by atoms with Crippen LogP contribution in [0, 0.1) is 17.1 Å². The molecule has 6 heteroatoms. The number of benzene rings is 2. The van der Waals surface area contributed by atoms with Crippen molar-refractivity contribution in [2.75, 3.05) is 31.5 Å². The van der Waals surface area contributed by atoms with Crippen molar-refractivity contribution in [2.24, 2.45) is 0 Å². The normalized spacial score (nSPS) is 14.8. The lowest BCUT2D eigenvalue weighted by Gasteiger charge is -2.34. The standard InChI is InChI=1S/C19H19FN4O/c20-17-5-7-18(8-6-17)22-19(25)24-11-9-23(10-12-24)14-16-3-1-15(13-21)2-4-16/h1-8H,9-12,14H2,(H,22,25). The van der Waals surface area contributed by atoms with Crippen LogP contribution in [-0.4, -0.2) is 42.0 Å². The van der Waals surface area contributed by atoms with E-state index in [0.29, 0.717) is 24.3 Å². The Labute approximate surface area is 146 Å². The van der Waals surface area contributed by atoms with Crippen LogP contribution in [0.5, 0.6) is 0 Å². The lowest BCUT2D eigenvalue weighted by atomic mass is 10.1. The smallest absolute Gasteiger partial charge is 0.321 e. The molecule has 2 aromatic carbocycles. The van der Waals surface area contributed by atoms with Crippen molar-refractivity contribution >= 4 is 11.7 Å². The third-order valence-corrected chi connectivity index (χ3v) is 4.24. The van der Waals surface area contributed by atoms with Crippen molar-refractivity contribution in [3.8, 4) is 6.07 Å². The molecular weight excluding hydrogens is 319 g/mol. The molecule has 25 heavy (non-hydrogen) atoms. The maximum absolute atomic E-state index is 12.9. The van der Waals surface area contributed by atoms with E-state index >= 15 is 0 Å². The van der Waals surface area contributed by atoms with Crippen LogP contribution in [0.25, 0.3) is 0 Å². The molecule has 3 rings (SSSR count). The summed E-state index contributed by atoms with van der Waals surface area (Å²) in [6.07, 6.45) is 0. The molecule has 1 aliphatic heterocycles. The number of urea groups is 1. The largest absolute Gasteiger partial charge is 0.322 e. The Kier molecular flexibility index (Phi) is 5.26. The van der Waals surface area contributed by atoms with Gasteiger partial charge in [-0.15, -0.1) is 0 Å². The molecule has 0 atom stereocenters. The first kappa shape index (κ1) is 16.9. The quantitative estimate of drug-likeness (QED) is 0.936. The number of hydrogen-bond donors (Lipinski definition) is 1. The number of nitrogens with zero attached hydrogens (tertiary/aromatic N) is 3.